The van der Waals surface area contributed by atoms with E-state index in [1.807, 2.05) is 48.5 Å². The third-order valence-corrected chi connectivity index (χ3v) is 4.15. The molecule has 142 valence electrons. The number of nitrogens with one attached hydrogen (secondary N) is 1. The van der Waals surface area contributed by atoms with Crippen LogP contribution in [0.1, 0.15) is 18.1 Å². The summed E-state index contributed by atoms with van der Waals surface area (Å²) < 4.78 is 15.8. The lowest BCUT2D eigenvalue weighted by molar-refractivity contribution is -0.132. The number of nitrogens with zero attached hydrogens (tertiary/aromatic N) is 1. The topological polar surface area (TPSA) is 77.1 Å². The van der Waals surface area contributed by atoms with Gasteiger partial charge in [0.15, 0.2) is 11.5 Å². The molecule has 7 heteroatoms. The Balaban J connectivity index is 1.48. The summed E-state index contributed by atoms with van der Waals surface area (Å²) in [6.45, 7) is 2.38. The summed E-state index contributed by atoms with van der Waals surface area (Å²) in [5, 5.41) is 2.56. The lowest BCUT2D eigenvalue weighted by Gasteiger charge is -2.22. The SMILES string of the molecule is C[C@H](NC(=O)OCc1ccccc1)C(=O)N(C)Cc1ccc2c(c1)OCO2. The van der Waals surface area contributed by atoms with Gasteiger partial charge in [-0.3, -0.25) is 4.79 Å². The molecular weight excluding hydrogens is 348 g/mol. The van der Waals surface area contributed by atoms with Gasteiger partial charge in [-0.15, -0.1) is 0 Å². The molecule has 1 atom stereocenters. The number of rotatable bonds is 6. The van der Waals surface area contributed by atoms with Gasteiger partial charge in [-0.05, 0) is 30.2 Å². The molecule has 0 radical (unpaired) electrons. The Morgan fingerprint density at radius 1 is 1.11 bits per heavy atom. The van der Waals surface area contributed by atoms with Crippen LogP contribution in [0.25, 0.3) is 0 Å². The zero-order chi connectivity index (χ0) is 19.2. The number of amides is 2. The first kappa shape index (κ1) is 18.6. The minimum atomic E-state index is -0.702. The maximum absolute atomic E-state index is 12.5. The molecule has 0 fully saturated rings. The van der Waals surface area contributed by atoms with Gasteiger partial charge in [0.1, 0.15) is 12.6 Å². The Morgan fingerprint density at radius 3 is 2.63 bits per heavy atom. The van der Waals surface area contributed by atoms with E-state index in [4.69, 9.17) is 14.2 Å². The van der Waals surface area contributed by atoms with Crippen molar-refractivity contribution in [3.63, 3.8) is 0 Å². The van der Waals surface area contributed by atoms with Crippen LogP contribution in [-0.4, -0.2) is 36.8 Å². The van der Waals surface area contributed by atoms with Gasteiger partial charge >= 0.3 is 6.09 Å². The van der Waals surface area contributed by atoms with Crippen LogP contribution in [0, 0.1) is 0 Å². The van der Waals surface area contributed by atoms with Crippen LogP contribution in [0.15, 0.2) is 48.5 Å². The van der Waals surface area contributed by atoms with Gasteiger partial charge in [0.2, 0.25) is 12.7 Å². The van der Waals surface area contributed by atoms with Crippen molar-refractivity contribution in [3.8, 4) is 11.5 Å². The first-order chi connectivity index (χ1) is 13.0. The summed E-state index contributed by atoms with van der Waals surface area (Å²) in [5.74, 6) is 1.15. The number of benzene rings is 2. The molecule has 1 heterocycles. The second kappa shape index (κ2) is 8.44. The molecule has 0 bridgehead atoms. The van der Waals surface area contributed by atoms with E-state index < -0.39 is 12.1 Å². The van der Waals surface area contributed by atoms with Gasteiger partial charge in [0, 0.05) is 13.6 Å². The lowest BCUT2D eigenvalue weighted by atomic mass is 10.2. The van der Waals surface area contributed by atoms with Crippen molar-refractivity contribution >= 4 is 12.0 Å². The molecule has 0 aliphatic carbocycles. The quantitative estimate of drug-likeness (QED) is 0.846. The van der Waals surface area contributed by atoms with E-state index in [0.29, 0.717) is 18.0 Å². The maximum atomic E-state index is 12.5. The van der Waals surface area contributed by atoms with Crippen molar-refractivity contribution in [1.82, 2.24) is 10.2 Å². The summed E-state index contributed by atoms with van der Waals surface area (Å²) in [7, 11) is 1.68. The van der Waals surface area contributed by atoms with Crippen LogP contribution in [0.3, 0.4) is 0 Å². The predicted octanol–water partition coefficient (Wildman–Crippen LogP) is 2.69. The number of fused-ring (bicyclic) bond motifs is 1. The average Bonchev–Trinajstić information content (AvgIpc) is 3.14. The molecule has 27 heavy (non-hydrogen) atoms. The number of hydrogen-bond donors (Lipinski definition) is 1. The molecular formula is C20H22N2O5. The Morgan fingerprint density at radius 2 is 1.85 bits per heavy atom. The van der Waals surface area contributed by atoms with Crippen LogP contribution in [0.5, 0.6) is 11.5 Å². The number of ether oxygens (including phenoxy) is 3. The molecule has 0 saturated carbocycles. The molecule has 1 aliphatic rings. The Hall–Kier alpha value is -3.22. The van der Waals surface area contributed by atoms with Crippen LogP contribution in [0.2, 0.25) is 0 Å². The van der Waals surface area contributed by atoms with Gasteiger partial charge < -0.3 is 24.4 Å². The zero-order valence-corrected chi connectivity index (χ0v) is 15.3. The Bertz CT molecular complexity index is 809. The number of carbonyl (C=O) groups excluding carboxylic acids is 2. The molecule has 3 rings (SSSR count). The average molecular weight is 370 g/mol. The first-order valence-electron chi connectivity index (χ1n) is 8.63. The van der Waals surface area contributed by atoms with Crippen molar-refractivity contribution in [2.45, 2.75) is 26.1 Å². The molecule has 0 saturated heterocycles. The van der Waals surface area contributed by atoms with Crippen molar-refractivity contribution in [2.75, 3.05) is 13.8 Å². The van der Waals surface area contributed by atoms with Crippen molar-refractivity contribution in [2.24, 2.45) is 0 Å². The monoisotopic (exact) mass is 370 g/mol. The minimum absolute atomic E-state index is 0.153. The van der Waals surface area contributed by atoms with Crippen molar-refractivity contribution in [3.05, 3.63) is 59.7 Å². The highest BCUT2D eigenvalue weighted by Gasteiger charge is 2.21. The van der Waals surface area contributed by atoms with Gasteiger partial charge in [-0.25, -0.2) is 4.79 Å². The number of hydrogen-bond acceptors (Lipinski definition) is 5. The van der Waals surface area contributed by atoms with Crippen molar-refractivity contribution < 1.29 is 23.8 Å². The van der Waals surface area contributed by atoms with Crippen LogP contribution in [0.4, 0.5) is 4.79 Å². The Kier molecular flexibility index (Phi) is 5.80. The highest BCUT2D eigenvalue weighted by Crippen LogP contribution is 2.32. The van der Waals surface area contributed by atoms with Crippen LogP contribution < -0.4 is 14.8 Å². The summed E-state index contributed by atoms with van der Waals surface area (Å²) in [6.07, 6.45) is -0.629. The maximum Gasteiger partial charge on any atom is 0.408 e. The molecule has 7 nitrogen and oxygen atoms in total. The summed E-state index contributed by atoms with van der Waals surface area (Å²) in [5.41, 5.74) is 1.79. The fourth-order valence-electron chi connectivity index (χ4n) is 2.72. The summed E-state index contributed by atoms with van der Waals surface area (Å²) >= 11 is 0. The van der Waals surface area contributed by atoms with Gasteiger partial charge in [0.05, 0.1) is 0 Å². The van der Waals surface area contributed by atoms with E-state index in [0.717, 1.165) is 11.1 Å². The fourth-order valence-corrected chi connectivity index (χ4v) is 2.72. The van der Waals surface area contributed by atoms with Crippen LogP contribution in [-0.2, 0) is 22.7 Å². The van der Waals surface area contributed by atoms with Gasteiger partial charge in [0.25, 0.3) is 0 Å². The van der Waals surface area contributed by atoms with Crippen LogP contribution >= 0.6 is 0 Å². The van der Waals surface area contributed by atoms with Gasteiger partial charge in [-0.1, -0.05) is 36.4 Å². The normalized spacial score (nSPS) is 13.0. The standard InChI is InChI=1S/C20H22N2O5/c1-14(21-20(24)25-12-15-6-4-3-5-7-15)19(23)22(2)11-16-8-9-17-18(10-16)27-13-26-17/h3-10,14H,11-13H2,1-2H3,(H,21,24)/t14-/m0/s1. The summed E-state index contributed by atoms with van der Waals surface area (Å²) in [6, 6.07) is 14.2. The molecule has 1 aliphatic heterocycles. The minimum Gasteiger partial charge on any atom is -0.454 e. The molecule has 2 aromatic rings. The van der Waals surface area contributed by atoms with E-state index in [1.165, 1.54) is 0 Å². The zero-order valence-electron chi connectivity index (χ0n) is 15.3. The highest BCUT2D eigenvalue weighted by molar-refractivity contribution is 5.85. The number of carbonyl (C=O) groups is 2. The smallest absolute Gasteiger partial charge is 0.408 e. The van der Waals surface area contributed by atoms with E-state index >= 15 is 0 Å². The molecule has 2 aromatic carbocycles. The second-order valence-corrected chi connectivity index (χ2v) is 6.31. The second-order valence-electron chi connectivity index (χ2n) is 6.31. The molecule has 0 spiro atoms. The lowest BCUT2D eigenvalue weighted by Crippen LogP contribution is -2.45. The molecule has 0 aromatic heterocycles. The third kappa shape index (κ3) is 4.91. The molecule has 0 unspecified atom stereocenters. The van der Waals surface area contributed by atoms with E-state index in [2.05, 4.69) is 5.32 Å². The van der Waals surface area contributed by atoms with Crippen molar-refractivity contribution in [1.29, 1.82) is 0 Å². The first-order valence-corrected chi connectivity index (χ1v) is 8.63. The largest absolute Gasteiger partial charge is 0.454 e. The Labute approximate surface area is 157 Å². The fraction of sp³-hybridized carbons (Fsp3) is 0.300. The summed E-state index contributed by atoms with van der Waals surface area (Å²) in [4.78, 5) is 25.9. The molecule has 1 N–H and O–H groups in total. The number of alkyl carbamates (subject to hydrolysis) is 1. The van der Waals surface area contributed by atoms with E-state index in [-0.39, 0.29) is 19.3 Å². The predicted molar refractivity (Wildman–Crippen MR) is 98.3 cm³/mol. The highest BCUT2D eigenvalue weighted by atomic mass is 16.7. The number of likely N-dealkylation sites (N-methyl/N-ethyl adjacent to an activating group) is 1. The molecule has 2 amide bonds. The van der Waals surface area contributed by atoms with Gasteiger partial charge in [-0.2, -0.15) is 0 Å². The van der Waals surface area contributed by atoms with E-state index in [9.17, 15) is 9.59 Å². The third-order valence-electron chi connectivity index (χ3n) is 4.15. The van der Waals surface area contributed by atoms with E-state index in [1.54, 1.807) is 18.9 Å².